The number of anilines is 1. The van der Waals surface area contributed by atoms with Crippen LogP contribution in [-0.4, -0.2) is 49.9 Å². The Kier molecular flexibility index (Phi) is 6.76. The smallest absolute Gasteiger partial charge is 0.241 e. The van der Waals surface area contributed by atoms with Gasteiger partial charge in [0.25, 0.3) is 0 Å². The highest BCUT2D eigenvalue weighted by molar-refractivity contribution is 5.94. The third-order valence-corrected chi connectivity index (χ3v) is 4.38. The van der Waals surface area contributed by atoms with Crippen molar-refractivity contribution in [1.82, 2.24) is 10.2 Å². The zero-order valence-corrected chi connectivity index (χ0v) is 14.1. The van der Waals surface area contributed by atoms with Crippen LogP contribution in [0, 0.1) is 17.2 Å². The molecule has 1 N–H and O–H groups in total. The molecule has 0 atom stereocenters. The van der Waals surface area contributed by atoms with Crippen molar-refractivity contribution in [2.75, 3.05) is 38.1 Å². The van der Waals surface area contributed by atoms with E-state index in [1.54, 1.807) is 11.9 Å². The molecular formula is C18H24N4O2. The molecule has 6 nitrogen and oxygen atoms in total. The Balaban J connectivity index is 1.94. The summed E-state index contributed by atoms with van der Waals surface area (Å²) in [4.78, 5) is 28.1. The number of hydrogen-bond acceptors (Lipinski definition) is 4. The highest BCUT2D eigenvalue weighted by Gasteiger charge is 2.26. The van der Waals surface area contributed by atoms with E-state index in [0.29, 0.717) is 19.5 Å². The van der Waals surface area contributed by atoms with Crippen LogP contribution in [0.25, 0.3) is 0 Å². The lowest BCUT2D eigenvalue weighted by molar-refractivity contribution is -0.126. The zero-order valence-electron chi connectivity index (χ0n) is 14.1. The molecule has 0 aliphatic carbocycles. The number of piperidine rings is 1. The molecule has 0 radical (unpaired) electrons. The summed E-state index contributed by atoms with van der Waals surface area (Å²) in [6, 6.07) is 11.5. The monoisotopic (exact) mass is 328 g/mol. The van der Waals surface area contributed by atoms with Crippen molar-refractivity contribution in [3.63, 3.8) is 0 Å². The summed E-state index contributed by atoms with van der Waals surface area (Å²) >= 11 is 0. The average Bonchev–Trinajstić information content (AvgIpc) is 2.63. The molecule has 128 valence electrons. The van der Waals surface area contributed by atoms with Crippen molar-refractivity contribution in [3.8, 4) is 6.07 Å². The Morgan fingerprint density at radius 2 is 1.96 bits per heavy atom. The van der Waals surface area contributed by atoms with Crippen molar-refractivity contribution < 1.29 is 9.59 Å². The van der Waals surface area contributed by atoms with E-state index < -0.39 is 0 Å². The van der Waals surface area contributed by atoms with Gasteiger partial charge < -0.3 is 10.2 Å². The van der Waals surface area contributed by atoms with E-state index in [1.165, 1.54) is 0 Å². The van der Waals surface area contributed by atoms with Crippen molar-refractivity contribution in [2.45, 2.75) is 19.3 Å². The quantitative estimate of drug-likeness (QED) is 0.856. The van der Waals surface area contributed by atoms with Gasteiger partial charge in [0.15, 0.2) is 0 Å². The molecule has 0 aromatic heterocycles. The van der Waals surface area contributed by atoms with Gasteiger partial charge in [-0.1, -0.05) is 18.2 Å². The van der Waals surface area contributed by atoms with Gasteiger partial charge in [-0.25, -0.2) is 0 Å². The van der Waals surface area contributed by atoms with E-state index in [1.807, 2.05) is 30.3 Å². The normalized spacial score (nSPS) is 15.5. The Morgan fingerprint density at radius 1 is 1.29 bits per heavy atom. The van der Waals surface area contributed by atoms with Crippen molar-refractivity contribution in [1.29, 1.82) is 5.26 Å². The molecule has 2 rings (SSSR count). The maximum atomic E-state index is 12.7. The van der Waals surface area contributed by atoms with Crippen LogP contribution in [0.4, 0.5) is 5.69 Å². The van der Waals surface area contributed by atoms with Crippen LogP contribution < -0.4 is 10.2 Å². The van der Waals surface area contributed by atoms with E-state index in [0.717, 1.165) is 31.6 Å². The summed E-state index contributed by atoms with van der Waals surface area (Å²) in [5, 5.41) is 11.5. The number of carbonyl (C=O) groups is 2. The van der Waals surface area contributed by atoms with Crippen LogP contribution in [0.2, 0.25) is 0 Å². The van der Waals surface area contributed by atoms with E-state index in [2.05, 4.69) is 16.3 Å². The largest absolute Gasteiger partial charge is 0.359 e. The number of amides is 2. The predicted octanol–water partition coefficient (Wildman–Crippen LogP) is 1.39. The summed E-state index contributed by atoms with van der Waals surface area (Å²) in [5.74, 6) is 0.126. The van der Waals surface area contributed by atoms with Gasteiger partial charge in [-0.05, 0) is 38.1 Å². The van der Waals surface area contributed by atoms with Crippen molar-refractivity contribution in [2.24, 2.45) is 5.92 Å². The van der Waals surface area contributed by atoms with Crippen molar-refractivity contribution >= 4 is 17.5 Å². The maximum Gasteiger partial charge on any atom is 0.241 e. The molecule has 1 aliphatic heterocycles. The molecule has 0 spiro atoms. The minimum atomic E-state index is -0.00477. The number of rotatable bonds is 6. The molecule has 2 amide bonds. The summed E-state index contributed by atoms with van der Waals surface area (Å²) in [6.07, 6.45) is 1.85. The summed E-state index contributed by atoms with van der Waals surface area (Å²) < 4.78 is 0. The second-order valence-corrected chi connectivity index (χ2v) is 5.95. The Labute approximate surface area is 143 Å². The van der Waals surface area contributed by atoms with Crippen LogP contribution in [0.1, 0.15) is 19.3 Å². The lowest BCUT2D eigenvalue weighted by atomic mass is 9.96. The number of nitrogens with one attached hydrogen (secondary N) is 1. The summed E-state index contributed by atoms with van der Waals surface area (Å²) in [7, 11) is 1.66. The molecule has 0 saturated carbocycles. The van der Waals surface area contributed by atoms with Crippen molar-refractivity contribution in [3.05, 3.63) is 30.3 Å². The van der Waals surface area contributed by atoms with Crippen LogP contribution in [-0.2, 0) is 9.59 Å². The predicted molar refractivity (Wildman–Crippen MR) is 92.3 cm³/mol. The highest BCUT2D eigenvalue weighted by atomic mass is 16.2. The molecule has 1 aliphatic rings. The van der Waals surface area contributed by atoms with Gasteiger partial charge in [0.2, 0.25) is 11.8 Å². The Bertz CT molecular complexity index is 589. The zero-order chi connectivity index (χ0) is 17.4. The van der Waals surface area contributed by atoms with Gasteiger partial charge in [-0.15, -0.1) is 0 Å². The van der Waals surface area contributed by atoms with E-state index in [-0.39, 0.29) is 17.7 Å². The average molecular weight is 328 g/mol. The number of nitriles is 1. The maximum absolute atomic E-state index is 12.7. The van der Waals surface area contributed by atoms with Crippen LogP contribution in [0.15, 0.2) is 30.3 Å². The second-order valence-electron chi connectivity index (χ2n) is 5.95. The molecule has 0 unspecified atom stereocenters. The SMILES string of the molecule is CNC(=O)C1CCN(CC(=O)N(CCC#N)c2ccccc2)CC1. The number of para-hydroxylation sites is 1. The van der Waals surface area contributed by atoms with Crippen LogP contribution in [0.5, 0.6) is 0 Å². The molecule has 1 heterocycles. The Hall–Kier alpha value is -2.39. The lowest BCUT2D eigenvalue weighted by Gasteiger charge is -2.32. The number of carbonyl (C=O) groups excluding carboxylic acids is 2. The third-order valence-electron chi connectivity index (χ3n) is 4.38. The summed E-state index contributed by atoms with van der Waals surface area (Å²) in [6.45, 7) is 2.20. The molecule has 24 heavy (non-hydrogen) atoms. The minimum Gasteiger partial charge on any atom is -0.359 e. The molecule has 1 fully saturated rings. The number of benzene rings is 1. The van der Waals surface area contributed by atoms with Crippen LogP contribution >= 0.6 is 0 Å². The first-order valence-corrected chi connectivity index (χ1v) is 8.32. The van der Waals surface area contributed by atoms with Gasteiger partial charge in [0.05, 0.1) is 19.0 Å². The first kappa shape index (κ1) is 18.0. The van der Waals surface area contributed by atoms with Gasteiger partial charge in [-0.3, -0.25) is 14.5 Å². The fourth-order valence-electron chi connectivity index (χ4n) is 3.00. The number of likely N-dealkylation sites (tertiary alicyclic amines) is 1. The molecule has 6 heteroatoms. The second kappa shape index (κ2) is 9.04. The number of nitrogens with zero attached hydrogens (tertiary/aromatic N) is 3. The first-order valence-electron chi connectivity index (χ1n) is 8.32. The molecule has 1 saturated heterocycles. The fourth-order valence-corrected chi connectivity index (χ4v) is 3.00. The standard InChI is InChI=1S/C18H24N4O2/c1-20-18(24)15-8-12-21(13-9-15)14-17(23)22(11-5-10-19)16-6-3-2-4-7-16/h2-4,6-7,15H,5,8-9,11-14H2,1H3,(H,20,24). The van der Waals surface area contributed by atoms with E-state index in [9.17, 15) is 9.59 Å². The van der Waals surface area contributed by atoms with Gasteiger partial charge in [0.1, 0.15) is 0 Å². The topological polar surface area (TPSA) is 76.4 Å². The van der Waals surface area contributed by atoms with Gasteiger partial charge >= 0.3 is 0 Å². The first-order chi connectivity index (χ1) is 11.7. The minimum absolute atomic E-state index is 0.00477. The van der Waals surface area contributed by atoms with E-state index >= 15 is 0 Å². The Morgan fingerprint density at radius 3 is 2.54 bits per heavy atom. The summed E-state index contributed by atoms with van der Waals surface area (Å²) in [5.41, 5.74) is 0.818. The highest BCUT2D eigenvalue weighted by Crippen LogP contribution is 2.19. The molecule has 0 bridgehead atoms. The molecular weight excluding hydrogens is 304 g/mol. The van der Waals surface area contributed by atoms with Crippen LogP contribution in [0.3, 0.4) is 0 Å². The van der Waals surface area contributed by atoms with Gasteiger partial charge in [-0.2, -0.15) is 5.26 Å². The lowest BCUT2D eigenvalue weighted by Crippen LogP contribution is -2.45. The molecule has 1 aromatic rings. The fraction of sp³-hybridized carbons (Fsp3) is 0.500. The molecule has 1 aromatic carbocycles. The van der Waals surface area contributed by atoms with Gasteiger partial charge in [0, 0.05) is 25.2 Å². The number of hydrogen-bond donors (Lipinski definition) is 1. The third kappa shape index (κ3) is 4.80. The van der Waals surface area contributed by atoms with E-state index in [4.69, 9.17) is 5.26 Å².